The number of carboxylic acid groups (broad SMARTS) is 1. The molecule has 0 spiro atoms. The van der Waals surface area contributed by atoms with Gasteiger partial charge in [0.25, 0.3) is 0 Å². The van der Waals surface area contributed by atoms with Crippen molar-refractivity contribution in [3.63, 3.8) is 0 Å². The standard InChI is InChI=1S/C26H28N2O5S/c1-4-16-11-17-7-5-9-21-23(17)20(12-16)27(34(21)33)10-6-8-18-14(2)24-19(15(3)29)13-22(30)28(24)25(18)26(31)32/h5-9,11-12,14-15,19,24,29H,4,10,13H2,1-3H3,(H,31,32)/b8-6+/t14-,15+,19-,24+,34?/m0/s1. The highest BCUT2D eigenvalue weighted by Gasteiger charge is 2.53. The predicted molar refractivity (Wildman–Crippen MR) is 130 cm³/mol. The monoisotopic (exact) mass is 480 g/mol. The second-order valence-corrected chi connectivity index (χ2v) is 10.7. The number of hydrogen-bond acceptors (Lipinski definition) is 4. The van der Waals surface area contributed by atoms with Gasteiger partial charge in [0, 0.05) is 29.7 Å². The lowest BCUT2D eigenvalue weighted by molar-refractivity contribution is -0.138. The van der Waals surface area contributed by atoms with Crippen LogP contribution in [0.15, 0.2) is 58.6 Å². The highest BCUT2D eigenvalue weighted by Crippen LogP contribution is 2.46. The molecule has 3 aliphatic rings. The summed E-state index contributed by atoms with van der Waals surface area (Å²) in [4.78, 5) is 26.9. The van der Waals surface area contributed by atoms with Crippen LogP contribution >= 0.6 is 0 Å². The van der Waals surface area contributed by atoms with Gasteiger partial charge in [0.2, 0.25) is 5.91 Å². The van der Waals surface area contributed by atoms with Gasteiger partial charge in [-0.1, -0.05) is 44.2 Å². The molecule has 5 rings (SSSR count). The van der Waals surface area contributed by atoms with Crippen molar-refractivity contribution in [3.8, 4) is 0 Å². The highest BCUT2D eigenvalue weighted by atomic mass is 32.2. The second-order valence-electron chi connectivity index (χ2n) is 9.30. The summed E-state index contributed by atoms with van der Waals surface area (Å²) in [5.74, 6) is -1.96. The number of fused-ring (bicyclic) bond motifs is 1. The third-order valence-corrected chi connectivity index (χ3v) is 8.83. The third-order valence-electron chi connectivity index (χ3n) is 7.37. The summed E-state index contributed by atoms with van der Waals surface area (Å²) in [5, 5.41) is 22.2. The average Bonchev–Trinajstić information content (AvgIpc) is 3.39. The molecule has 0 bridgehead atoms. The van der Waals surface area contributed by atoms with Gasteiger partial charge >= 0.3 is 5.97 Å². The Morgan fingerprint density at radius 1 is 1.32 bits per heavy atom. The van der Waals surface area contributed by atoms with Gasteiger partial charge in [0.1, 0.15) is 5.70 Å². The number of aliphatic carboxylic acids is 1. The Kier molecular flexibility index (Phi) is 5.61. The van der Waals surface area contributed by atoms with Crippen LogP contribution in [0.25, 0.3) is 10.8 Å². The highest BCUT2D eigenvalue weighted by molar-refractivity contribution is 7.87. The Hall–Kier alpha value is -2.97. The SMILES string of the molecule is CCc1cc2c3c(cccc3c1)S(=O)N2C/C=C/C1=C(C(=O)O)N2C(=O)C[C@@H]([C@@H](C)O)[C@H]2[C@H]1C. The molecule has 0 aliphatic carbocycles. The summed E-state index contributed by atoms with van der Waals surface area (Å²) >= 11 is 0. The van der Waals surface area contributed by atoms with E-state index in [1.54, 1.807) is 13.0 Å². The van der Waals surface area contributed by atoms with Crippen molar-refractivity contribution >= 4 is 39.3 Å². The lowest BCUT2D eigenvalue weighted by Crippen LogP contribution is -2.38. The van der Waals surface area contributed by atoms with Crippen LogP contribution in [0.5, 0.6) is 0 Å². The van der Waals surface area contributed by atoms with Crippen LogP contribution in [-0.2, 0) is 27.0 Å². The van der Waals surface area contributed by atoms with Gasteiger partial charge in [0.05, 0.1) is 23.2 Å². The van der Waals surface area contributed by atoms with Crippen molar-refractivity contribution in [2.75, 3.05) is 10.8 Å². The van der Waals surface area contributed by atoms with E-state index >= 15 is 0 Å². The van der Waals surface area contributed by atoms with E-state index in [-0.39, 0.29) is 35.9 Å². The molecule has 1 saturated heterocycles. The minimum atomic E-state index is -1.35. The van der Waals surface area contributed by atoms with E-state index in [2.05, 4.69) is 19.1 Å². The maximum atomic E-state index is 13.3. The minimum Gasteiger partial charge on any atom is -0.477 e. The van der Waals surface area contributed by atoms with Crippen LogP contribution < -0.4 is 4.31 Å². The molecule has 178 valence electrons. The number of hydrogen-bond donors (Lipinski definition) is 2. The molecule has 1 fully saturated rings. The van der Waals surface area contributed by atoms with E-state index < -0.39 is 23.1 Å². The molecule has 7 nitrogen and oxygen atoms in total. The molecular formula is C26H28N2O5S. The maximum Gasteiger partial charge on any atom is 0.352 e. The van der Waals surface area contributed by atoms with E-state index in [0.717, 1.165) is 33.3 Å². The minimum absolute atomic E-state index is 0.0110. The molecule has 8 heteroatoms. The van der Waals surface area contributed by atoms with Crippen LogP contribution in [0.1, 0.15) is 32.8 Å². The molecule has 5 atom stereocenters. The Bertz CT molecular complexity index is 1300. The summed E-state index contributed by atoms with van der Waals surface area (Å²) in [6, 6.07) is 9.68. The number of anilines is 1. The number of carbonyl (C=O) groups excluding carboxylic acids is 1. The van der Waals surface area contributed by atoms with Crippen molar-refractivity contribution in [2.24, 2.45) is 11.8 Å². The number of nitrogens with zero attached hydrogens (tertiary/aromatic N) is 2. The van der Waals surface area contributed by atoms with Gasteiger partial charge in [-0.05, 0) is 42.0 Å². The fraction of sp³-hybridized carbons (Fsp3) is 0.385. The predicted octanol–water partition coefficient (Wildman–Crippen LogP) is 3.39. The smallest absolute Gasteiger partial charge is 0.352 e. The number of carboxylic acids is 1. The van der Waals surface area contributed by atoms with Crippen LogP contribution in [0.3, 0.4) is 0 Å². The normalized spacial score (nSPS) is 26.9. The summed E-state index contributed by atoms with van der Waals surface area (Å²) < 4.78 is 15.1. The van der Waals surface area contributed by atoms with Crippen LogP contribution in [0.2, 0.25) is 0 Å². The Labute approximate surface area is 200 Å². The quantitative estimate of drug-likeness (QED) is 0.661. The molecule has 34 heavy (non-hydrogen) atoms. The molecule has 1 unspecified atom stereocenters. The number of benzene rings is 2. The fourth-order valence-electron chi connectivity index (χ4n) is 5.73. The zero-order chi connectivity index (χ0) is 24.3. The van der Waals surface area contributed by atoms with Gasteiger partial charge in [-0.2, -0.15) is 0 Å². The number of rotatable bonds is 6. The number of amides is 1. The van der Waals surface area contributed by atoms with Gasteiger partial charge in [-0.25, -0.2) is 9.00 Å². The first-order chi connectivity index (χ1) is 16.2. The molecule has 0 radical (unpaired) electrons. The number of aryl methyl sites for hydroxylation is 1. The van der Waals surface area contributed by atoms with E-state index in [1.807, 2.05) is 35.5 Å². The largest absolute Gasteiger partial charge is 0.477 e. The molecule has 3 heterocycles. The lowest BCUT2D eigenvalue weighted by Gasteiger charge is -2.26. The molecule has 2 N–H and O–H groups in total. The molecular weight excluding hydrogens is 452 g/mol. The number of aliphatic hydroxyl groups excluding tert-OH is 1. The third kappa shape index (κ3) is 3.31. The number of allylic oxidation sites excluding steroid dienone is 1. The Morgan fingerprint density at radius 3 is 2.76 bits per heavy atom. The van der Waals surface area contributed by atoms with Crippen LogP contribution in [-0.4, -0.2) is 49.9 Å². The molecule has 2 aromatic rings. The molecule has 2 aromatic carbocycles. The zero-order valence-electron chi connectivity index (χ0n) is 19.4. The van der Waals surface area contributed by atoms with Crippen molar-refractivity contribution in [2.45, 2.75) is 50.7 Å². The van der Waals surface area contributed by atoms with E-state index in [1.165, 1.54) is 4.90 Å². The first-order valence-electron chi connectivity index (χ1n) is 11.6. The maximum absolute atomic E-state index is 13.3. The average molecular weight is 481 g/mol. The van der Waals surface area contributed by atoms with E-state index in [0.29, 0.717) is 12.1 Å². The van der Waals surface area contributed by atoms with E-state index in [4.69, 9.17) is 0 Å². The Balaban J connectivity index is 1.48. The van der Waals surface area contributed by atoms with Gasteiger partial charge < -0.3 is 15.1 Å². The number of carbonyl (C=O) groups is 2. The first kappa shape index (κ1) is 22.8. The summed E-state index contributed by atoms with van der Waals surface area (Å²) in [7, 11) is -1.35. The van der Waals surface area contributed by atoms with Crippen molar-refractivity contribution in [3.05, 3.63) is 59.3 Å². The summed E-state index contributed by atoms with van der Waals surface area (Å²) in [6.07, 6.45) is 3.88. The van der Waals surface area contributed by atoms with Crippen molar-refractivity contribution in [1.82, 2.24) is 4.90 Å². The molecule has 0 saturated carbocycles. The zero-order valence-corrected chi connectivity index (χ0v) is 20.2. The lowest BCUT2D eigenvalue weighted by atomic mass is 9.84. The summed E-state index contributed by atoms with van der Waals surface area (Å²) in [5.41, 5.74) is 2.63. The molecule has 3 aliphatic heterocycles. The van der Waals surface area contributed by atoms with Gasteiger partial charge in [-0.3, -0.25) is 9.10 Å². The fourth-order valence-corrected chi connectivity index (χ4v) is 7.10. The number of aliphatic hydroxyl groups is 1. The van der Waals surface area contributed by atoms with E-state index in [9.17, 15) is 24.0 Å². The molecule has 0 aromatic heterocycles. The molecule has 1 amide bonds. The Morgan fingerprint density at radius 2 is 2.09 bits per heavy atom. The van der Waals surface area contributed by atoms with Crippen molar-refractivity contribution < 1.29 is 24.0 Å². The van der Waals surface area contributed by atoms with Crippen molar-refractivity contribution in [1.29, 1.82) is 0 Å². The van der Waals surface area contributed by atoms with Crippen LogP contribution in [0, 0.1) is 11.8 Å². The van der Waals surface area contributed by atoms with Gasteiger partial charge in [0.15, 0.2) is 11.0 Å². The summed E-state index contributed by atoms with van der Waals surface area (Å²) in [6.45, 7) is 5.97. The second kappa shape index (κ2) is 8.36. The van der Waals surface area contributed by atoms with Crippen LogP contribution in [0.4, 0.5) is 5.69 Å². The topological polar surface area (TPSA) is 98.2 Å². The first-order valence-corrected chi connectivity index (χ1v) is 12.7. The van der Waals surface area contributed by atoms with Gasteiger partial charge in [-0.15, -0.1) is 0 Å².